The molecule has 2 saturated heterocycles. The molecule has 2 N–H and O–H groups in total. The average molecular weight is 438 g/mol. The Hall–Kier alpha value is -1.66. The van der Waals surface area contributed by atoms with Gasteiger partial charge < -0.3 is 10.0 Å². The normalized spacial score (nSPS) is 23.0. The van der Waals surface area contributed by atoms with Gasteiger partial charge in [0.15, 0.2) is 0 Å². The highest BCUT2D eigenvalue weighted by Crippen LogP contribution is 2.33. The number of carbonyl (C=O) groups excluding carboxylic acids is 1. The highest BCUT2D eigenvalue weighted by Gasteiger charge is 2.39. The molecule has 7 heteroatoms. The molecule has 1 aromatic heterocycles. The van der Waals surface area contributed by atoms with Crippen LogP contribution in [0.5, 0.6) is 0 Å². The summed E-state index contributed by atoms with van der Waals surface area (Å²) in [5, 5.41) is 14.5. The van der Waals surface area contributed by atoms with Gasteiger partial charge in [0.1, 0.15) is 5.60 Å². The first-order chi connectivity index (χ1) is 13.0. The Morgan fingerprint density at radius 1 is 1.10 bits per heavy atom. The molecular formula is C22H29Cl2N3O2. The van der Waals surface area contributed by atoms with Crippen LogP contribution in [-0.4, -0.2) is 40.0 Å². The monoisotopic (exact) mass is 437 g/mol. The van der Waals surface area contributed by atoms with E-state index in [0.29, 0.717) is 31.6 Å². The van der Waals surface area contributed by atoms with E-state index in [1.165, 1.54) is 5.56 Å². The molecular weight excluding hydrogens is 409 g/mol. The number of likely N-dealkylation sites (tertiary alicyclic amines) is 1. The summed E-state index contributed by atoms with van der Waals surface area (Å²) in [6.07, 6.45) is 4.69. The molecule has 1 amide bonds. The first-order valence-corrected chi connectivity index (χ1v) is 9.80. The van der Waals surface area contributed by atoms with Gasteiger partial charge in [-0.2, -0.15) is 0 Å². The number of rotatable bonds is 3. The van der Waals surface area contributed by atoms with E-state index in [2.05, 4.69) is 22.4 Å². The summed E-state index contributed by atoms with van der Waals surface area (Å²) in [5.74, 6) is 0.160. The number of nitrogens with one attached hydrogen (secondary N) is 1. The lowest BCUT2D eigenvalue weighted by molar-refractivity contribution is -0.137. The Labute approximate surface area is 184 Å². The minimum absolute atomic E-state index is 0. The van der Waals surface area contributed by atoms with Crippen LogP contribution in [0.25, 0.3) is 0 Å². The topological polar surface area (TPSA) is 65.5 Å². The Morgan fingerprint density at radius 3 is 2.41 bits per heavy atom. The molecule has 0 spiro atoms. The standard InChI is InChI=1S/C22H27N3O2.2ClH/c1-16-7-10-20(23-15-16)22(27)11-13-25(14-12-22)21(26)19-9-8-18(24-19)17-5-3-2-4-6-17;;/h2-7,10,15,18-19,24,27H,8-9,11-14H2,1H3;2*1H/t18-,19-;;/m1../s1. The van der Waals surface area contributed by atoms with Crippen LogP contribution in [0, 0.1) is 6.92 Å². The Morgan fingerprint density at radius 2 is 1.79 bits per heavy atom. The summed E-state index contributed by atoms with van der Waals surface area (Å²) in [4.78, 5) is 19.2. The first kappa shape index (κ1) is 23.6. The maximum absolute atomic E-state index is 12.9. The summed E-state index contributed by atoms with van der Waals surface area (Å²) in [7, 11) is 0. The Balaban J connectivity index is 0.00000150. The molecule has 1 aromatic carbocycles. The molecule has 0 saturated carbocycles. The predicted octanol–water partition coefficient (Wildman–Crippen LogP) is 3.54. The summed E-state index contributed by atoms with van der Waals surface area (Å²) in [6, 6.07) is 14.3. The zero-order chi connectivity index (χ0) is 18.9. The first-order valence-electron chi connectivity index (χ1n) is 9.80. The van der Waals surface area contributed by atoms with Gasteiger partial charge in [0, 0.05) is 25.3 Å². The van der Waals surface area contributed by atoms with Crippen LogP contribution in [0.3, 0.4) is 0 Å². The van der Waals surface area contributed by atoms with Crippen molar-refractivity contribution < 1.29 is 9.90 Å². The van der Waals surface area contributed by atoms with E-state index in [0.717, 1.165) is 18.4 Å². The van der Waals surface area contributed by atoms with Crippen molar-refractivity contribution in [3.63, 3.8) is 0 Å². The third-order valence-corrected chi connectivity index (χ3v) is 5.94. The number of hydrogen-bond donors (Lipinski definition) is 2. The second kappa shape index (κ2) is 9.90. The maximum Gasteiger partial charge on any atom is 0.239 e. The average Bonchev–Trinajstić information content (AvgIpc) is 3.19. The molecule has 0 unspecified atom stereocenters. The fraction of sp³-hybridized carbons (Fsp3) is 0.455. The zero-order valence-electron chi connectivity index (χ0n) is 16.6. The van der Waals surface area contributed by atoms with Gasteiger partial charge in [-0.25, -0.2) is 0 Å². The van der Waals surface area contributed by atoms with Gasteiger partial charge in [-0.3, -0.25) is 15.1 Å². The van der Waals surface area contributed by atoms with E-state index in [-0.39, 0.29) is 42.8 Å². The fourth-order valence-corrected chi connectivity index (χ4v) is 4.20. The molecule has 0 aliphatic carbocycles. The number of nitrogens with zero attached hydrogens (tertiary/aromatic N) is 2. The molecule has 5 nitrogen and oxygen atoms in total. The van der Waals surface area contributed by atoms with Gasteiger partial charge in [0.2, 0.25) is 5.91 Å². The largest absolute Gasteiger partial charge is 0.383 e. The number of pyridine rings is 1. The summed E-state index contributed by atoms with van der Waals surface area (Å²) in [6.45, 7) is 3.12. The lowest BCUT2D eigenvalue weighted by Gasteiger charge is -2.38. The summed E-state index contributed by atoms with van der Waals surface area (Å²) < 4.78 is 0. The minimum Gasteiger partial charge on any atom is -0.383 e. The molecule has 0 bridgehead atoms. The molecule has 0 radical (unpaired) electrons. The van der Waals surface area contributed by atoms with Crippen molar-refractivity contribution >= 4 is 30.7 Å². The molecule has 2 fully saturated rings. The molecule has 3 heterocycles. The van der Waals surface area contributed by atoms with E-state index in [9.17, 15) is 9.90 Å². The van der Waals surface area contributed by atoms with E-state index in [1.807, 2.05) is 42.2 Å². The van der Waals surface area contributed by atoms with E-state index >= 15 is 0 Å². The third-order valence-electron chi connectivity index (χ3n) is 5.94. The number of aryl methyl sites for hydroxylation is 1. The minimum atomic E-state index is -0.930. The Kier molecular flexibility index (Phi) is 8.06. The number of hydrogen-bond acceptors (Lipinski definition) is 4. The third kappa shape index (κ3) is 5.10. The van der Waals surface area contributed by atoms with Crippen LogP contribution in [0.1, 0.15) is 48.5 Å². The van der Waals surface area contributed by atoms with Crippen LogP contribution < -0.4 is 5.32 Å². The van der Waals surface area contributed by atoms with Crippen molar-refractivity contribution in [3.05, 3.63) is 65.5 Å². The highest BCUT2D eigenvalue weighted by atomic mass is 35.5. The van der Waals surface area contributed by atoms with Crippen molar-refractivity contribution in [2.24, 2.45) is 0 Å². The zero-order valence-corrected chi connectivity index (χ0v) is 18.2. The Bertz CT molecular complexity index is 793. The quantitative estimate of drug-likeness (QED) is 0.770. The smallest absolute Gasteiger partial charge is 0.239 e. The molecule has 158 valence electrons. The molecule has 2 aliphatic heterocycles. The number of halogens is 2. The molecule has 4 rings (SSSR count). The highest BCUT2D eigenvalue weighted by molar-refractivity contribution is 5.85. The fourth-order valence-electron chi connectivity index (χ4n) is 4.20. The number of amides is 1. The molecule has 29 heavy (non-hydrogen) atoms. The summed E-state index contributed by atoms with van der Waals surface area (Å²) >= 11 is 0. The van der Waals surface area contributed by atoms with Crippen LogP contribution in [0.4, 0.5) is 0 Å². The van der Waals surface area contributed by atoms with E-state index in [4.69, 9.17) is 0 Å². The van der Waals surface area contributed by atoms with Gasteiger partial charge in [-0.05, 0) is 49.8 Å². The van der Waals surface area contributed by atoms with Crippen molar-refractivity contribution in [2.75, 3.05) is 13.1 Å². The number of aromatic nitrogens is 1. The lowest BCUT2D eigenvalue weighted by atomic mass is 9.87. The predicted molar refractivity (Wildman–Crippen MR) is 119 cm³/mol. The number of carbonyl (C=O) groups is 1. The van der Waals surface area contributed by atoms with Crippen molar-refractivity contribution in [1.82, 2.24) is 15.2 Å². The second-order valence-electron chi connectivity index (χ2n) is 7.84. The van der Waals surface area contributed by atoms with Gasteiger partial charge in [0.25, 0.3) is 0 Å². The van der Waals surface area contributed by atoms with Crippen molar-refractivity contribution in [1.29, 1.82) is 0 Å². The van der Waals surface area contributed by atoms with Crippen molar-refractivity contribution in [3.8, 4) is 0 Å². The number of piperidine rings is 1. The molecule has 2 atom stereocenters. The molecule has 2 aliphatic rings. The van der Waals surface area contributed by atoms with Crippen LogP contribution >= 0.6 is 24.8 Å². The van der Waals surface area contributed by atoms with Crippen LogP contribution in [-0.2, 0) is 10.4 Å². The number of benzene rings is 1. The van der Waals surface area contributed by atoms with Crippen molar-refractivity contribution in [2.45, 2.75) is 50.3 Å². The van der Waals surface area contributed by atoms with Gasteiger partial charge in [0.05, 0.1) is 11.7 Å². The van der Waals surface area contributed by atoms with Gasteiger partial charge in [-0.15, -0.1) is 24.8 Å². The number of aliphatic hydroxyl groups is 1. The maximum atomic E-state index is 12.9. The van der Waals surface area contributed by atoms with Gasteiger partial charge >= 0.3 is 0 Å². The van der Waals surface area contributed by atoms with E-state index < -0.39 is 5.60 Å². The van der Waals surface area contributed by atoms with E-state index in [1.54, 1.807) is 6.20 Å². The lowest BCUT2D eigenvalue weighted by Crippen LogP contribution is -2.50. The molecule has 2 aromatic rings. The summed E-state index contributed by atoms with van der Waals surface area (Å²) in [5.41, 5.74) is 2.10. The second-order valence-corrected chi connectivity index (χ2v) is 7.84. The van der Waals surface area contributed by atoms with Crippen LogP contribution in [0.15, 0.2) is 48.7 Å². The SMILES string of the molecule is Cc1ccc(C2(O)CCN(C(=O)[C@H]3CC[C@H](c4ccccc4)N3)CC2)nc1.Cl.Cl. The van der Waals surface area contributed by atoms with Gasteiger partial charge in [-0.1, -0.05) is 36.4 Å². The van der Waals surface area contributed by atoms with Crippen LogP contribution in [0.2, 0.25) is 0 Å².